The van der Waals surface area contributed by atoms with Crippen molar-refractivity contribution < 1.29 is 18.0 Å². The number of hydrogen-bond donors (Lipinski definition) is 1. The Balaban J connectivity index is 2.11. The number of hydrogen-bond acceptors (Lipinski definition) is 2. The fraction of sp³-hybridized carbons (Fsp3) is 0.158. The molecule has 0 aliphatic rings. The van der Waals surface area contributed by atoms with Crippen LogP contribution in [0.3, 0.4) is 0 Å². The van der Waals surface area contributed by atoms with Crippen molar-refractivity contribution in [3.8, 4) is 0 Å². The molecule has 3 rings (SSSR count). The third-order valence-electron chi connectivity index (χ3n) is 4.16. The van der Waals surface area contributed by atoms with Crippen molar-refractivity contribution in [3.05, 3.63) is 74.0 Å². The van der Waals surface area contributed by atoms with Gasteiger partial charge in [-0.25, -0.2) is 0 Å². The first-order valence-electron chi connectivity index (χ1n) is 8.12. The number of pyridine rings is 1. The molecule has 0 radical (unpaired) electrons. The van der Waals surface area contributed by atoms with Crippen LogP contribution < -0.4 is 10.7 Å². The number of aromatic nitrogens is 1. The number of fused-ring (bicyclic) bond motifs is 1. The van der Waals surface area contributed by atoms with Crippen LogP contribution in [0.2, 0.25) is 10.0 Å². The number of carbonyl (C=O) groups is 1. The summed E-state index contributed by atoms with van der Waals surface area (Å²) in [6.07, 6.45) is -3.41. The molecule has 3 aromatic rings. The topological polar surface area (TPSA) is 51.1 Å². The Labute approximate surface area is 167 Å². The van der Waals surface area contributed by atoms with Crippen LogP contribution in [0.4, 0.5) is 18.9 Å². The van der Waals surface area contributed by atoms with E-state index in [0.717, 1.165) is 6.07 Å². The summed E-state index contributed by atoms with van der Waals surface area (Å²) in [7, 11) is 0. The highest BCUT2D eigenvalue weighted by molar-refractivity contribution is 6.31. The summed E-state index contributed by atoms with van der Waals surface area (Å²) in [4.78, 5) is 25.4. The molecule has 0 aliphatic carbocycles. The quantitative estimate of drug-likeness (QED) is 0.590. The van der Waals surface area contributed by atoms with Crippen molar-refractivity contribution >= 4 is 45.7 Å². The van der Waals surface area contributed by atoms with Gasteiger partial charge in [0.1, 0.15) is 5.56 Å². The van der Waals surface area contributed by atoms with Gasteiger partial charge in [0.2, 0.25) is 5.43 Å². The second-order valence-electron chi connectivity index (χ2n) is 5.96. The largest absolute Gasteiger partial charge is 0.418 e. The molecule has 4 nitrogen and oxygen atoms in total. The molecule has 0 saturated heterocycles. The number of rotatable bonds is 3. The standard InChI is InChI=1S/C19H13Cl2F3N2O2/c1-2-26-9-13(17(27)12-7-10(20)4-6-16(12)26)18(28)25-15-5-3-11(21)8-14(15)19(22,23)24/h3-9H,2H2,1H3,(H,25,28). The van der Waals surface area contributed by atoms with Gasteiger partial charge in [-0.15, -0.1) is 0 Å². The van der Waals surface area contributed by atoms with E-state index in [2.05, 4.69) is 5.32 Å². The van der Waals surface area contributed by atoms with Gasteiger partial charge in [0.05, 0.1) is 16.8 Å². The van der Waals surface area contributed by atoms with E-state index in [1.807, 2.05) is 0 Å². The summed E-state index contributed by atoms with van der Waals surface area (Å²) in [5.74, 6) is -0.957. The van der Waals surface area contributed by atoms with Gasteiger partial charge >= 0.3 is 6.18 Å². The molecule has 1 aromatic heterocycles. The molecule has 0 bridgehead atoms. The van der Waals surface area contributed by atoms with Gasteiger partial charge in [0.25, 0.3) is 5.91 Å². The number of nitrogens with one attached hydrogen (secondary N) is 1. The van der Waals surface area contributed by atoms with E-state index in [0.29, 0.717) is 23.2 Å². The van der Waals surface area contributed by atoms with E-state index in [1.165, 1.54) is 18.3 Å². The number of aryl methyl sites for hydroxylation is 1. The number of alkyl halides is 3. The minimum Gasteiger partial charge on any atom is -0.347 e. The lowest BCUT2D eigenvalue weighted by Crippen LogP contribution is -2.25. The second-order valence-corrected chi connectivity index (χ2v) is 6.83. The van der Waals surface area contributed by atoms with Crippen molar-refractivity contribution in [2.24, 2.45) is 0 Å². The van der Waals surface area contributed by atoms with E-state index in [9.17, 15) is 22.8 Å². The molecule has 28 heavy (non-hydrogen) atoms. The molecule has 0 fully saturated rings. The van der Waals surface area contributed by atoms with Crippen LogP contribution in [0.15, 0.2) is 47.4 Å². The normalized spacial score (nSPS) is 11.6. The van der Waals surface area contributed by atoms with Gasteiger partial charge in [-0.2, -0.15) is 13.2 Å². The Morgan fingerprint density at radius 1 is 1.11 bits per heavy atom. The van der Waals surface area contributed by atoms with Crippen LogP contribution in [-0.2, 0) is 12.7 Å². The van der Waals surface area contributed by atoms with E-state index in [4.69, 9.17) is 23.2 Å². The van der Waals surface area contributed by atoms with E-state index in [-0.39, 0.29) is 16.0 Å². The first kappa shape index (κ1) is 20.2. The fourth-order valence-corrected chi connectivity index (χ4v) is 3.19. The number of nitrogens with zero attached hydrogens (tertiary/aromatic N) is 1. The first-order chi connectivity index (χ1) is 13.1. The Kier molecular flexibility index (Phi) is 5.41. The molecule has 0 atom stereocenters. The van der Waals surface area contributed by atoms with Gasteiger partial charge in [-0.05, 0) is 43.3 Å². The average Bonchev–Trinajstić information content (AvgIpc) is 2.63. The third-order valence-corrected chi connectivity index (χ3v) is 4.63. The lowest BCUT2D eigenvalue weighted by atomic mass is 10.1. The zero-order chi connectivity index (χ0) is 20.6. The molecule has 0 unspecified atom stereocenters. The summed E-state index contributed by atoms with van der Waals surface area (Å²) >= 11 is 11.6. The van der Waals surface area contributed by atoms with Crippen LogP contribution in [0.5, 0.6) is 0 Å². The smallest absolute Gasteiger partial charge is 0.347 e. The average molecular weight is 429 g/mol. The number of benzene rings is 2. The molecule has 0 aliphatic heterocycles. The van der Waals surface area contributed by atoms with E-state index < -0.39 is 28.8 Å². The molecule has 1 N–H and O–H groups in total. The van der Waals surface area contributed by atoms with Crippen LogP contribution >= 0.6 is 23.2 Å². The van der Waals surface area contributed by atoms with Crippen molar-refractivity contribution in [2.75, 3.05) is 5.32 Å². The van der Waals surface area contributed by atoms with Crippen molar-refractivity contribution in [3.63, 3.8) is 0 Å². The number of anilines is 1. The lowest BCUT2D eigenvalue weighted by molar-refractivity contribution is -0.136. The monoisotopic (exact) mass is 428 g/mol. The van der Waals surface area contributed by atoms with Crippen molar-refractivity contribution in [2.45, 2.75) is 19.6 Å². The Morgan fingerprint density at radius 2 is 1.75 bits per heavy atom. The maximum Gasteiger partial charge on any atom is 0.418 e. The zero-order valence-corrected chi connectivity index (χ0v) is 15.9. The SMILES string of the molecule is CCn1cc(C(=O)Nc2ccc(Cl)cc2C(F)(F)F)c(=O)c2cc(Cl)ccc21. The van der Waals surface area contributed by atoms with Gasteiger partial charge < -0.3 is 9.88 Å². The highest BCUT2D eigenvalue weighted by Crippen LogP contribution is 2.36. The third kappa shape index (κ3) is 3.86. The van der Waals surface area contributed by atoms with Gasteiger partial charge in [0, 0.05) is 28.2 Å². The first-order valence-corrected chi connectivity index (χ1v) is 8.88. The van der Waals surface area contributed by atoms with Gasteiger partial charge in [-0.1, -0.05) is 23.2 Å². The maximum atomic E-state index is 13.2. The summed E-state index contributed by atoms with van der Waals surface area (Å²) in [5.41, 5.74) is -1.94. The number of amides is 1. The number of halogens is 5. The summed E-state index contributed by atoms with van der Waals surface area (Å²) in [5, 5.41) is 2.55. The van der Waals surface area contributed by atoms with Crippen molar-refractivity contribution in [1.82, 2.24) is 4.57 Å². The van der Waals surface area contributed by atoms with Gasteiger partial charge in [0.15, 0.2) is 0 Å². The van der Waals surface area contributed by atoms with E-state index in [1.54, 1.807) is 23.6 Å². The van der Waals surface area contributed by atoms with Gasteiger partial charge in [-0.3, -0.25) is 9.59 Å². The predicted molar refractivity (Wildman–Crippen MR) is 103 cm³/mol. The number of carbonyl (C=O) groups excluding carboxylic acids is 1. The van der Waals surface area contributed by atoms with Crippen LogP contribution in [0.1, 0.15) is 22.8 Å². The minimum atomic E-state index is -4.73. The highest BCUT2D eigenvalue weighted by Gasteiger charge is 2.34. The summed E-state index contributed by atoms with van der Waals surface area (Å²) < 4.78 is 41.4. The second kappa shape index (κ2) is 7.48. The molecule has 9 heteroatoms. The molecule has 2 aromatic carbocycles. The molecular weight excluding hydrogens is 416 g/mol. The minimum absolute atomic E-state index is 0.126. The molecule has 0 spiro atoms. The predicted octanol–water partition coefficient (Wildman–Crippen LogP) is 5.60. The molecule has 1 amide bonds. The molecule has 0 saturated carbocycles. The van der Waals surface area contributed by atoms with Crippen LogP contribution in [-0.4, -0.2) is 10.5 Å². The van der Waals surface area contributed by atoms with E-state index >= 15 is 0 Å². The highest BCUT2D eigenvalue weighted by atomic mass is 35.5. The van der Waals surface area contributed by atoms with Crippen LogP contribution in [0.25, 0.3) is 10.9 Å². The Bertz CT molecular complexity index is 1140. The summed E-state index contributed by atoms with van der Waals surface area (Å²) in [6, 6.07) is 7.65. The lowest BCUT2D eigenvalue weighted by Gasteiger charge is -2.15. The zero-order valence-electron chi connectivity index (χ0n) is 14.4. The fourth-order valence-electron chi connectivity index (χ4n) is 2.84. The maximum absolute atomic E-state index is 13.2. The molecule has 1 heterocycles. The molecule has 146 valence electrons. The Morgan fingerprint density at radius 3 is 2.39 bits per heavy atom. The Hall–Kier alpha value is -2.51. The van der Waals surface area contributed by atoms with Crippen LogP contribution in [0, 0.1) is 0 Å². The molecular formula is C19H13Cl2F3N2O2. The van der Waals surface area contributed by atoms with Crippen molar-refractivity contribution in [1.29, 1.82) is 0 Å². The summed E-state index contributed by atoms with van der Waals surface area (Å²) in [6.45, 7) is 2.24.